The fourth-order valence-electron chi connectivity index (χ4n) is 0.295. The summed E-state index contributed by atoms with van der Waals surface area (Å²) in [5, 5.41) is 11.0. The first-order chi connectivity index (χ1) is 4.41. The maximum absolute atomic E-state index is 10.2. The van der Waals surface area contributed by atoms with Gasteiger partial charge in [-0.1, -0.05) is 0 Å². The quantitative estimate of drug-likeness (QED) is 0.593. The van der Waals surface area contributed by atoms with Gasteiger partial charge in [0.15, 0.2) is 5.66 Å². The number of carbonyl (C=O) groups is 1. The first-order valence-corrected chi connectivity index (χ1v) is 2.73. The Bertz CT molecular complexity index is 155. The van der Waals surface area contributed by atoms with Crippen molar-refractivity contribution in [1.82, 2.24) is 4.90 Å². The van der Waals surface area contributed by atoms with E-state index in [1.54, 1.807) is 0 Å². The highest BCUT2D eigenvalue weighted by molar-refractivity contribution is 5.65. The van der Waals surface area contributed by atoms with Crippen LogP contribution in [0.3, 0.4) is 0 Å². The van der Waals surface area contributed by atoms with E-state index in [1.165, 1.54) is 20.9 Å². The monoisotopic (exact) mass is 146 g/mol. The molecule has 0 atom stereocenters. The van der Waals surface area contributed by atoms with Crippen molar-refractivity contribution >= 4 is 6.09 Å². The Morgan fingerprint density at radius 2 is 2.00 bits per heavy atom. The SMILES string of the molecule is CN(C(=O)O)C(C)(C)N=O. The molecule has 0 aromatic heterocycles. The van der Waals surface area contributed by atoms with Gasteiger partial charge in [0.2, 0.25) is 0 Å². The highest BCUT2D eigenvalue weighted by atomic mass is 16.4. The first-order valence-electron chi connectivity index (χ1n) is 2.73. The predicted octanol–water partition coefficient (Wildman–Crippen LogP) is 1.10. The van der Waals surface area contributed by atoms with Crippen LogP contribution in [0.15, 0.2) is 5.18 Å². The molecule has 0 aliphatic rings. The molecule has 0 aromatic rings. The van der Waals surface area contributed by atoms with Crippen molar-refractivity contribution in [3.05, 3.63) is 4.91 Å². The third kappa shape index (κ3) is 1.68. The summed E-state index contributed by atoms with van der Waals surface area (Å²) in [7, 11) is 1.30. The van der Waals surface area contributed by atoms with Crippen molar-refractivity contribution < 1.29 is 9.90 Å². The second kappa shape index (κ2) is 2.64. The van der Waals surface area contributed by atoms with E-state index >= 15 is 0 Å². The number of amides is 1. The van der Waals surface area contributed by atoms with Gasteiger partial charge in [-0.25, -0.2) is 4.79 Å². The maximum Gasteiger partial charge on any atom is 0.409 e. The van der Waals surface area contributed by atoms with E-state index in [0.29, 0.717) is 0 Å². The van der Waals surface area contributed by atoms with E-state index in [0.717, 1.165) is 4.90 Å². The second-order valence-electron chi connectivity index (χ2n) is 2.43. The summed E-state index contributed by atoms with van der Waals surface area (Å²) in [6, 6.07) is 0. The van der Waals surface area contributed by atoms with Crippen LogP contribution in [0.25, 0.3) is 0 Å². The molecule has 1 N–H and O–H groups in total. The molecule has 0 saturated carbocycles. The Kier molecular flexibility index (Phi) is 2.34. The van der Waals surface area contributed by atoms with Crippen molar-refractivity contribution in [3.63, 3.8) is 0 Å². The van der Waals surface area contributed by atoms with Crippen LogP contribution < -0.4 is 0 Å². The molecule has 5 heteroatoms. The van der Waals surface area contributed by atoms with Gasteiger partial charge in [-0.2, -0.15) is 0 Å². The summed E-state index contributed by atoms with van der Waals surface area (Å²) in [5.74, 6) is 0. The lowest BCUT2D eigenvalue weighted by Crippen LogP contribution is -2.42. The Morgan fingerprint density at radius 3 is 2.10 bits per heavy atom. The molecule has 1 amide bonds. The van der Waals surface area contributed by atoms with Gasteiger partial charge >= 0.3 is 6.09 Å². The third-order valence-corrected chi connectivity index (χ3v) is 1.33. The van der Waals surface area contributed by atoms with Crippen molar-refractivity contribution in [3.8, 4) is 0 Å². The molecular formula is C5H10N2O3. The van der Waals surface area contributed by atoms with Gasteiger partial charge in [-0.3, -0.25) is 4.90 Å². The molecule has 58 valence electrons. The average Bonchev–Trinajstić information content (AvgIpc) is 1.86. The van der Waals surface area contributed by atoms with E-state index in [1.807, 2.05) is 0 Å². The smallest absolute Gasteiger partial charge is 0.409 e. The normalized spacial score (nSPS) is 10.7. The molecule has 0 aliphatic carbocycles. The van der Waals surface area contributed by atoms with E-state index in [-0.39, 0.29) is 0 Å². The number of hydrogen-bond donors (Lipinski definition) is 1. The number of hydrogen-bond acceptors (Lipinski definition) is 3. The number of nitroso groups, excluding NO2 is 1. The summed E-state index contributed by atoms with van der Waals surface area (Å²) in [4.78, 5) is 21.1. The number of rotatable bonds is 2. The van der Waals surface area contributed by atoms with Gasteiger partial charge in [-0.15, -0.1) is 4.91 Å². The summed E-state index contributed by atoms with van der Waals surface area (Å²) in [6.45, 7) is 2.85. The Morgan fingerprint density at radius 1 is 1.60 bits per heavy atom. The van der Waals surface area contributed by atoms with Crippen LogP contribution in [-0.4, -0.2) is 28.8 Å². The third-order valence-electron chi connectivity index (χ3n) is 1.33. The Hall–Kier alpha value is -1.13. The fraction of sp³-hybridized carbons (Fsp3) is 0.800. The lowest BCUT2D eigenvalue weighted by atomic mass is 10.2. The highest BCUT2D eigenvalue weighted by Gasteiger charge is 2.27. The Labute approximate surface area is 58.6 Å². The zero-order valence-electron chi connectivity index (χ0n) is 6.16. The molecule has 0 bridgehead atoms. The van der Waals surface area contributed by atoms with E-state index in [4.69, 9.17) is 5.11 Å². The molecule has 5 nitrogen and oxygen atoms in total. The van der Waals surface area contributed by atoms with Gasteiger partial charge in [0.05, 0.1) is 0 Å². The van der Waals surface area contributed by atoms with Crippen LogP contribution in [0.5, 0.6) is 0 Å². The van der Waals surface area contributed by atoms with Crippen LogP contribution in [-0.2, 0) is 0 Å². The first kappa shape index (κ1) is 8.87. The molecule has 0 aromatic carbocycles. The van der Waals surface area contributed by atoms with Crippen LogP contribution >= 0.6 is 0 Å². The topological polar surface area (TPSA) is 70.0 Å². The minimum Gasteiger partial charge on any atom is -0.465 e. The zero-order chi connectivity index (χ0) is 8.36. The van der Waals surface area contributed by atoms with E-state index < -0.39 is 11.8 Å². The molecule has 10 heavy (non-hydrogen) atoms. The second-order valence-corrected chi connectivity index (χ2v) is 2.43. The van der Waals surface area contributed by atoms with Crippen LogP contribution in [0.2, 0.25) is 0 Å². The minimum atomic E-state index is -1.17. The van der Waals surface area contributed by atoms with Crippen LogP contribution in [0.4, 0.5) is 4.79 Å². The fourth-order valence-corrected chi connectivity index (χ4v) is 0.295. The Balaban J connectivity index is 4.31. The summed E-state index contributed by atoms with van der Waals surface area (Å²) in [6.07, 6.45) is -1.16. The lowest BCUT2D eigenvalue weighted by Gasteiger charge is -2.25. The van der Waals surface area contributed by atoms with Crippen molar-refractivity contribution in [2.75, 3.05) is 7.05 Å². The molecule has 0 aliphatic heterocycles. The van der Waals surface area contributed by atoms with Crippen molar-refractivity contribution in [1.29, 1.82) is 0 Å². The summed E-state index contributed by atoms with van der Waals surface area (Å²) in [5.41, 5.74) is -1.17. The molecular weight excluding hydrogens is 136 g/mol. The van der Waals surface area contributed by atoms with Crippen molar-refractivity contribution in [2.45, 2.75) is 19.5 Å². The van der Waals surface area contributed by atoms with Gasteiger partial charge in [-0.05, 0) is 19.0 Å². The maximum atomic E-state index is 10.2. The molecule has 0 rings (SSSR count). The largest absolute Gasteiger partial charge is 0.465 e. The zero-order valence-corrected chi connectivity index (χ0v) is 6.16. The van der Waals surface area contributed by atoms with Gasteiger partial charge < -0.3 is 5.11 Å². The molecule has 0 fully saturated rings. The molecule has 0 spiro atoms. The molecule has 0 radical (unpaired) electrons. The molecule has 0 unspecified atom stereocenters. The van der Waals surface area contributed by atoms with E-state index in [2.05, 4.69) is 5.18 Å². The van der Waals surface area contributed by atoms with Gasteiger partial charge in [0.1, 0.15) is 0 Å². The number of carboxylic acid groups (broad SMARTS) is 1. The van der Waals surface area contributed by atoms with Crippen molar-refractivity contribution in [2.24, 2.45) is 5.18 Å². The predicted molar refractivity (Wildman–Crippen MR) is 35.7 cm³/mol. The van der Waals surface area contributed by atoms with Gasteiger partial charge in [0.25, 0.3) is 0 Å². The average molecular weight is 146 g/mol. The summed E-state index contributed by atoms with van der Waals surface area (Å²) >= 11 is 0. The number of nitrogens with zero attached hydrogens (tertiary/aromatic N) is 2. The van der Waals surface area contributed by atoms with Gasteiger partial charge in [0, 0.05) is 7.05 Å². The lowest BCUT2D eigenvalue weighted by molar-refractivity contribution is 0.113. The standard InChI is InChI=1S/C5H10N2O3/c1-5(2,6-10)7(3)4(8)9/h1-3H3,(H,8,9). The van der Waals surface area contributed by atoms with Crippen LogP contribution in [0, 0.1) is 4.91 Å². The van der Waals surface area contributed by atoms with Crippen LogP contribution in [0.1, 0.15) is 13.8 Å². The minimum absolute atomic E-state index is 0.847. The molecule has 0 saturated heterocycles. The van der Waals surface area contributed by atoms with E-state index in [9.17, 15) is 9.70 Å². The summed E-state index contributed by atoms with van der Waals surface area (Å²) < 4.78 is 0. The molecule has 0 heterocycles. The highest BCUT2D eigenvalue weighted by Crippen LogP contribution is 2.12.